The highest BCUT2D eigenvalue weighted by molar-refractivity contribution is 6.31. The molecule has 2 aliphatic rings. The Bertz CT molecular complexity index is 859. The lowest BCUT2D eigenvalue weighted by Gasteiger charge is -2.44. The molecular weight excluding hydrogens is 408 g/mol. The van der Waals surface area contributed by atoms with Crippen LogP contribution < -0.4 is 10.2 Å². The van der Waals surface area contributed by atoms with Crippen molar-refractivity contribution in [1.29, 1.82) is 0 Å². The molecule has 8 nitrogen and oxygen atoms in total. The summed E-state index contributed by atoms with van der Waals surface area (Å²) in [6.45, 7) is 9.08. The first-order chi connectivity index (χ1) is 14.0. The van der Waals surface area contributed by atoms with Crippen LogP contribution in [0.15, 0.2) is 18.2 Å². The summed E-state index contributed by atoms with van der Waals surface area (Å²) in [7, 11) is 0. The summed E-state index contributed by atoms with van der Waals surface area (Å²) in [5.74, 6) is -0.250. The van der Waals surface area contributed by atoms with Crippen molar-refractivity contribution >= 4 is 35.2 Å². The van der Waals surface area contributed by atoms with Crippen LogP contribution in [0, 0.1) is 0 Å². The zero-order valence-electron chi connectivity index (χ0n) is 17.8. The lowest BCUT2D eigenvalue weighted by Crippen LogP contribution is -2.62. The molecule has 9 heteroatoms. The van der Waals surface area contributed by atoms with Crippen molar-refractivity contribution in [3.8, 4) is 0 Å². The minimum absolute atomic E-state index is 0.0621. The van der Waals surface area contributed by atoms with Gasteiger partial charge in [-0.25, -0.2) is 4.79 Å². The molecule has 1 aromatic carbocycles. The molecule has 2 N–H and O–H groups in total. The smallest absolute Gasteiger partial charge is 0.407 e. The average Bonchev–Trinajstić information content (AvgIpc) is 2.91. The summed E-state index contributed by atoms with van der Waals surface area (Å²) in [6, 6.07) is 5.11. The Morgan fingerprint density at radius 3 is 2.60 bits per heavy atom. The van der Waals surface area contributed by atoms with Crippen molar-refractivity contribution in [3.63, 3.8) is 0 Å². The maximum Gasteiger partial charge on any atom is 0.407 e. The third-order valence-corrected chi connectivity index (χ3v) is 6.19. The number of carbonyl (C=O) groups excluding carboxylic acids is 2. The minimum Gasteiger partial charge on any atom is -0.465 e. The molecule has 3 rings (SSSR count). The second-order valence-electron chi connectivity index (χ2n) is 8.83. The number of fused-ring (bicyclic) bond motifs is 1. The molecule has 2 atom stereocenters. The molecule has 3 amide bonds. The van der Waals surface area contributed by atoms with E-state index in [9.17, 15) is 19.5 Å². The van der Waals surface area contributed by atoms with Crippen LogP contribution in [-0.4, -0.2) is 77.6 Å². The second-order valence-corrected chi connectivity index (χ2v) is 9.27. The third-order valence-electron chi connectivity index (χ3n) is 5.96. The van der Waals surface area contributed by atoms with Crippen molar-refractivity contribution in [2.75, 3.05) is 37.6 Å². The van der Waals surface area contributed by atoms with Gasteiger partial charge in [-0.3, -0.25) is 14.5 Å². The van der Waals surface area contributed by atoms with Crippen molar-refractivity contribution in [2.24, 2.45) is 0 Å². The zero-order valence-corrected chi connectivity index (χ0v) is 18.6. The predicted octanol–water partition coefficient (Wildman–Crippen LogP) is 2.15. The lowest BCUT2D eigenvalue weighted by atomic mass is 9.87. The molecule has 0 aliphatic carbocycles. The highest BCUT2D eigenvalue weighted by Gasteiger charge is 2.40. The summed E-state index contributed by atoms with van der Waals surface area (Å²) in [5.41, 5.74) is 1.73. The van der Waals surface area contributed by atoms with Crippen molar-refractivity contribution in [3.05, 3.63) is 28.8 Å². The van der Waals surface area contributed by atoms with E-state index in [0.717, 1.165) is 11.3 Å². The van der Waals surface area contributed by atoms with E-state index in [2.05, 4.69) is 19.2 Å². The van der Waals surface area contributed by atoms with Crippen LogP contribution in [-0.2, 0) is 15.0 Å². The van der Waals surface area contributed by atoms with E-state index in [1.165, 1.54) is 11.8 Å². The summed E-state index contributed by atoms with van der Waals surface area (Å²) >= 11 is 6.19. The Morgan fingerprint density at radius 2 is 1.97 bits per heavy atom. The van der Waals surface area contributed by atoms with Gasteiger partial charge in [0.15, 0.2) is 0 Å². The van der Waals surface area contributed by atoms with Gasteiger partial charge in [0, 0.05) is 61.3 Å². The molecule has 164 valence electrons. The maximum atomic E-state index is 13.3. The fourth-order valence-electron chi connectivity index (χ4n) is 4.37. The molecule has 0 saturated carbocycles. The number of amides is 3. The van der Waals surface area contributed by atoms with E-state index in [1.807, 2.05) is 30.0 Å². The number of carbonyl (C=O) groups is 3. The van der Waals surface area contributed by atoms with Crippen LogP contribution in [0.3, 0.4) is 0 Å². The summed E-state index contributed by atoms with van der Waals surface area (Å²) in [4.78, 5) is 41.4. The fourth-order valence-corrected chi connectivity index (χ4v) is 4.54. The SMILES string of the molecule is CC(=O)NC[C@H]1CN(C(=O)O)[C@H](C)CN1CC(=O)N1CC(C)(C)c2ccc(Cl)cc21. The predicted molar refractivity (Wildman–Crippen MR) is 115 cm³/mol. The first-order valence-corrected chi connectivity index (χ1v) is 10.5. The zero-order chi connectivity index (χ0) is 22.2. The molecule has 1 aromatic rings. The highest BCUT2D eigenvalue weighted by Crippen LogP contribution is 2.41. The molecule has 0 unspecified atom stereocenters. The number of piperazine rings is 1. The van der Waals surface area contributed by atoms with Gasteiger partial charge in [0.1, 0.15) is 0 Å². The molecule has 0 aromatic heterocycles. The van der Waals surface area contributed by atoms with Gasteiger partial charge in [-0.15, -0.1) is 0 Å². The monoisotopic (exact) mass is 436 g/mol. The van der Waals surface area contributed by atoms with Gasteiger partial charge in [-0.1, -0.05) is 31.5 Å². The standard InChI is InChI=1S/C21H29ClN4O4/c1-13-9-24(16(8-23-14(2)27)10-25(13)20(29)30)11-19(28)26-12-21(3,4)17-6-5-15(22)7-18(17)26/h5-7,13,16H,8-12H2,1-4H3,(H,23,27)(H,29,30)/t13-,16+/m1/s1. The number of hydrogen-bond acceptors (Lipinski definition) is 4. The number of nitrogens with zero attached hydrogens (tertiary/aromatic N) is 3. The first kappa shape index (κ1) is 22.4. The number of hydrogen-bond donors (Lipinski definition) is 2. The highest BCUT2D eigenvalue weighted by atomic mass is 35.5. The van der Waals surface area contributed by atoms with Gasteiger partial charge in [0.2, 0.25) is 11.8 Å². The first-order valence-electron chi connectivity index (χ1n) is 10.1. The van der Waals surface area contributed by atoms with Crippen molar-refractivity contribution < 1.29 is 19.5 Å². The van der Waals surface area contributed by atoms with Gasteiger partial charge >= 0.3 is 6.09 Å². The van der Waals surface area contributed by atoms with Gasteiger partial charge in [-0.05, 0) is 24.6 Å². The second kappa shape index (κ2) is 8.43. The number of halogens is 1. The minimum atomic E-state index is -0.994. The largest absolute Gasteiger partial charge is 0.465 e. The van der Waals surface area contributed by atoms with Crippen molar-refractivity contribution in [1.82, 2.24) is 15.1 Å². The molecule has 2 heterocycles. The third kappa shape index (κ3) is 4.54. The van der Waals surface area contributed by atoms with Gasteiger partial charge < -0.3 is 20.2 Å². The molecule has 30 heavy (non-hydrogen) atoms. The van der Waals surface area contributed by atoms with Crippen LogP contribution in [0.25, 0.3) is 0 Å². The topological polar surface area (TPSA) is 93.2 Å². The van der Waals surface area contributed by atoms with E-state index < -0.39 is 6.09 Å². The Labute approximate surface area is 181 Å². The number of benzene rings is 1. The van der Waals surface area contributed by atoms with Gasteiger partial charge in [0.25, 0.3) is 0 Å². The molecule has 0 spiro atoms. The summed E-state index contributed by atoms with van der Waals surface area (Å²) in [5, 5.41) is 12.8. The normalized spacial score (nSPS) is 23.2. The van der Waals surface area contributed by atoms with E-state index in [4.69, 9.17) is 11.6 Å². The number of anilines is 1. The molecule has 1 fully saturated rings. The molecular formula is C21H29ClN4O4. The Balaban J connectivity index is 1.79. The maximum absolute atomic E-state index is 13.3. The number of carboxylic acid groups (broad SMARTS) is 1. The molecule has 2 aliphatic heterocycles. The van der Waals surface area contributed by atoms with Gasteiger partial charge in [0.05, 0.1) is 6.54 Å². The fraction of sp³-hybridized carbons (Fsp3) is 0.571. The molecule has 0 bridgehead atoms. The van der Waals surface area contributed by atoms with E-state index in [0.29, 0.717) is 18.1 Å². The average molecular weight is 437 g/mol. The van der Waals surface area contributed by atoms with E-state index >= 15 is 0 Å². The Morgan fingerprint density at radius 1 is 1.27 bits per heavy atom. The Hall–Kier alpha value is -2.32. The van der Waals surface area contributed by atoms with Crippen molar-refractivity contribution in [2.45, 2.75) is 45.2 Å². The summed E-state index contributed by atoms with van der Waals surface area (Å²) < 4.78 is 0. The van der Waals surface area contributed by atoms with Crippen LogP contribution in [0.5, 0.6) is 0 Å². The number of nitrogens with one attached hydrogen (secondary N) is 1. The lowest BCUT2D eigenvalue weighted by molar-refractivity contribution is -0.121. The quantitative estimate of drug-likeness (QED) is 0.754. The molecule has 1 saturated heterocycles. The van der Waals surface area contributed by atoms with Crippen LogP contribution in [0.4, 0.5) is 10.5 Å². The molecule has 0 radical (unpaired) electrons. The van der Waals surface area contributed by atoms with E-state index in [1.54, 1.807) is 4.90 Å². The van der Waals surface area contributed by atoms with Gasteiger partial charge in [-0.2, -0.15) is 0 Å². The Kier molecular flexibility index (Phi) is 6.29. The summed E-state index contributed by atoms with van der Waals surface area (Å²) in [6.07, 6.45) is -0.994. The van der Waals surface area contributed by atoms with Crippen LogP contribution in [0.1, 0.15) is 33.3 Å². The van der Waals surface area contributed by atoms with Crippen LogP contribution >= 0.6 is 11.6 Å². The number of rotatable bonds is 4. The van der Waals surface area contributed by atoms with Crippen LogP contribution in [0.2, 0.25) is 5.02 Å². The van der Waals surface area contributed by atoms with E-state index in [-0.39, 0.29) is 48.9 Å².